The van der Waals surface area contributed by atoms with Crippen molar-refractivity contribution < 1.29 is 14.4 Å². The van der Waals surface area contributed by atoms with Gasteiger partial charge in [0.15, 0.2) is 11.7 Å². The average Bonchev–Trinajstić information content (AvgIpc) is 3.08. The molecule has 2 aliphatic rings. The molecule has 0 bridgehead atoms. The maximum Gasteiger partial charge on any atom is 0.247 e. The fourth-order valence-corrected chi connectivity index (χ4v) is 3.46. The molecule has 2 amide bonds. The van der Waals surface area contributed by atoms with Gasteiger partial charge in [-0.2, -0.15) is 5.26 Å². The Balaban J connectivity index is 2.06. The van der Waals surface area contributed by atoms with Crippen LogP contribution in [0.4, 0.5) is 0 Å². The van der Waals surface area contributed by atoms with E-state index in [1.54, 1.807) is 9.80 Å². The number of carbonyl (C=O) groups is 3. The Morgan fingerprint density at radius 2 is 1.62 bits per heavy atom. The van der Waals surface area contributed by atoms with E-state index in [1.807, 2.05) is 26.8 Å². The smallest absolute Gasteiger partial charge is 0.247 e. The Bertz CT molecular complexity index is 553. The van der Waals surface area contributed by atoms with E-state index < -0.39 is 17.3 Å². The van der Waals surface area contributed by atoms with Crippen LogP contribution in [-0.2, 0) is 14.4 Å². The predicted octanol–water partition coefficient (Wildman–Crippen LogP) is 1.60. The Labute approximate surface area is 143 Å². The van der Waals surface area contributed by atoms with Gasteiger partial charge in [0.1, 0.15) is 0 Å². The van der Waals surface area contributed by atoms with Gasteiger partial charge in [0.2, 0.25) is 11.8 Å². The van der Waals surface area contributed by atoms with Crippen LogP contribution >= 0.6 is 0 Å². The van der Waals surface area contributed by atoms with Gasteiger partial charge in [-0.1, -0.05) is 20.8 Å². The second-order valence-corrected chi connectivity index (χ2v) is 7.84. The van der Waals surface area contributed by atoms with Crippen LogP contribution < -0.4 is 0 Å². The van der Waals surface area contributed by atoms with Crippen molar-refractivity contribution in [2.75, 3.05) is 26.2 Å². The van der Waals surface area contributed by atoms with E-state index in [2.05, 4.69) is 0 Å². The summed E-state index contributed by atoms with van der Waals surface area (Å²) in [5.41, 5.74) is -0.495. The molecule has 6 heteroatoms. The maximum atomic E-state index is 12.7. The van der Waals surface area contributed by atoms with Crippen molar-refractivity contribution in [3.63, 3.8) is 0 Å². The average molecular weight is 333 g/mol. The van der Waals surface area contributed by atoms with Gasteiger partial charge in [-0.15, -0.1) is 0 Å². The molecule has 2 rings (SSSR count). The first-order chi connectivity index (χ1) is 11.3. The minimum atomic E-state index is -1.22. The summed E-state index contributed by atoms with van der Waals surface area (Å²) in [5, 5.41) is 9.36. The van der Waals surface area contributed by atoms with Gasteiger partial charge in [-0.3, -0.25) is 14.4 Å². The third-order valence-corrected chi connectivity index (χ3v) is 4.83. The summed E-state index contributed by atoms with van der Waals surface area (Å²) in [6.45, 7) is 7.78. The van der Waals surface area contributed by atoms with E-state index in [0.29, 0.717) is 32.6 Å². The van der Waals surface area contributed by atoms with E-state index in [4.69, 9.17) is 0 Å². The molecule has 0 aromatic carbocycles. The third kappa shape index (κ3) is 3.95. The largest absolute Gasteiger partial charge is 0.342 e. The summed E-state index contributed by atoms with van der Waals surface area (Å²) >= 11 is 0. The number of Topliss-reactive ketones (excluding diaryl/α,β-unsaturated/α-hetero) is 1. The van der Waals surface area contributed by atoms with Gasteiger partial charge < -0.3 is 9.80 Å². The zero-order chi connectivity index (χ0) is 17.9. The zero-order valence-corrected chi connectivity index (χ0v) is 14.9. The SMILES string of the molecule is CC(C)(C)C(=O)N1CCC[C@@H](C(=O)[C@@H](C#N)C(=O)N2CCCC2)C1. The monoisotopic (exact) mass is 333 g/mol. The highest BCUT2D eigenvalue weighted by Gasteiger charge is 2.39. The summed E-state index contributed by atoms with van der Waals surface area (Å²) in [7, 11) is 0. The highest BCUT2D eigenvalue weighted by atomic mass is 16.2. The quantitative estimate of drug-likeness (QED) is 0.735. The zero-order valence-electron chi connectivity index (χ0n) is 14.9. The van der Waals surface area contributed by atoms with Crippen LogP contribution in [0.1, 0.15) is 46.5 Å². The molecule has 0 aliphatic carbocycles. The van der Waals surface area contributed by atoms with E-state index in [1.165, 1.54) is 0 Å². The van der Waals surface area contributed by atoms with Crippen molar-refractivity contribution in [2.45, 2.75) is 46.5 Å². The van der Waals surface area contributed by atoms with Crippen molar-refractivity contribution in [2.24, 2.45) is 17.3 Å². The van der Waals surface area contributed by atoms with E-state index >= 15 is 0 Å². The number of hydrogen-bond donors (Lipinski definition) is 0. The van der Waals surface area contributed by atoms with Gasteiger partial charge in [0.25, 0.3) is 0 Å². The molecule has 0 aromatic heterocycles. The van der Waals surface area contributed by atoms with Crippen LogP contribution in [-0.4, -0.2) is 53.6 Å². The van der Waals surface area contributed by atoms with Crippen molar-refractivity contribution in [3.8, 4) is 6.07 Å². The lowest BCUT2D eigenvalue weighted by molar-refractivity contribution is -0.144. The summed E-state index contributed by atoms with van der Waals surface area (Å²) in [5.74, 6) is -2.31. The van der Waals surface area contributed by atoms with Gasteiger partial charge in [-0.25, -0.2) is 0 Å². The van der Waals surface area contributed by atoms with Gasteiger partial charge in [0, 0.05) is 37.5 Å². The topological polar surface area (TPSA) is 81.5 Å². The Hall–Kier alpha value is -1.90. The van der Waals surface area contributed by atoms with Crippen LogP contribution in [0, 0.1) is 28.6 Å². The maximum absolute atomic E-state index is 12.7. The number of amides is 2. The molecule has 0 spiro atoms. The molecule has 6 nitrogen and oxygen atoms in total. The van der Waals surface area contributed by atoms with Crippen LogP contribution in [0.2, 0.25) is 0 Å². The first kappa shape index (κ1) is 18.4. The summed E-state index contributed by atoms with van der Waals surface area (Å²) in [4.78, 5) is 40.9. The van der Waals surface area contributed by atoms with Gasteiger partial charge in [0.05, 0.1) is 6.07 Å². The second-order valence-electron chi connectivity index (χ2n) is 7.84. The van der Waals surface area contributed by atoms with Crippen LogP contribution in [0.25, 0.3) is 0 Å². The minimum Gasteiger partial charge on any atom is -0.342 e. The van der Waals surface area contributed by atoms with Crippen LogP contribution in [0.5, 0.6) is 0 Å². The molecule has 0 unspecified atom stereocenters. The van der Waals surface area contributed by atoms with Crippen molar-refractivity contribution in [3.05, 3.63) is 0 Å². The Morgan fingerprint density at radius 1 is 1.04 bits per heavy atom. The lowest BCUT2D eigenvalue weighted by Crippen LogP contribution is -2.49. The number of nitriles is 1. The Kier molecular flexibility index (Phi) is 5.63. The lowest BCUT2D eigenvalue weighted by atomic mass is 9.85. The number of nitrogens with zero attached hydrogens (tertiary/aromatic N) is 3. The van der Waals surface area contributed by atoms with Crippen molar-refractivity contribution in [1.29, 1.82) is 5.26 Å². The van der Waals surface area contributed by atoms with Gasteiger partial charge >= 0.3 is 0 Å². The first-order valence-electron chi connectivity index (χ1n) is 8.77. The molecule has 2 aliphatic heterocycles. The molecule has 2 heterocycles. The predicted molar refractivity (Wildman–Crippen MR) is 88.7 cm³/mol. The number of ketones is 1. The fourth-order valence-electron chi connectivity index (χ4n) is 3.46. The first-order valence-corrected chi connectivity index (χ1v) is 8.77. The second kappa shape index (κ2) is 7.33. The third-order valence-electron chi connectivity index (χ3n) is 4.83. The minimum absolute atomic E-state index is 0.0133. The molecule has 2 saturated heterocycles. The molecule has 24 heavy (non-hydrogen) atoms. The van der Waals surface area contributed by atoms with Crippen LogP contribution in [0.3, 0.4) is 0 Å². The Morgan fingerprint density at radius 3 is 2.17 bits per heavy atom. The summed E-state index contributed by atoms with van der Waals surface area (Å²) in [6.07, 6.45) is 3.22. The molecule has 2 fully saturated rings. The fraction of sp³-hybridized carbons (Fsp3) is 0.778. The molecule has 0 aromatic rings. The number of hydrogen-bond acceptors (Lipinski definition) is 4. The summed E-state index contributed by atoms with van der Waals surface area (Å²) in [6, 6.07) is 1.91. The van der Waals surface area contributed by atoms with E-state index in [9.17, 15) is 19.6 Å². The standard InChI is InChI=1S/C18H27N3O3/c1-18(2,3)17(24)21-10-6-7-13(12-21)15(22)14(11-19)16(23)20-8-4-5-9-20/h13-14H,4-10,12H2,1-3H3/t13-,14-/m1/s1. The van der Waals surface area contributed by atoms with Crippen molar-refractivity contribution >= 4 is 17.6 Å². The molecule has 0 N–H and O–H groups in total. The molecule has 2 atom stereocenters. The number of rotatable bonds is 3. The molecule has 132 valence electrons. The molecule has 0 saturated carbocycles. The highest BCUT2D eigenvalue weighted by molar-refractivity contribution is 6.05. The normalized spacial score (nSPS) is 22.8. The molecular formula is C18H27N3O3. The molecule has 0 radical (unpaired) electrons. The van der Waals surface area contributed by atoms with Gasteiger partial charge in [-0.05, 0) is 25.7 Å². The van der Waals surface area contributed by atoms with Crippen LogP contribution in [0.15, 0.2) is 0 Å². The number of carbonyl (C=O) groups excluding carboxylic acids is 3. The number of piperidine rings is 1. The summed E-state index contributed by atoms with van der Waals surface area (Å²) < 4.78 is 0. The highest BCUT2D eigenvalue weighted by Crippen LogP contribution is 2.26. The van der Waals surface area contributed by atoms with E-state index in [0.717, 1.165) is 19.3 Å². The molecular weight excluding hydrogens is 306 g/mol. The lowest BCUT2D eigenvalue weighted by Gasteiger charge is -2.36. The van der Waals surface area contributed by atoms with E-state index in [-0.39, 0.29) is 17.6 Å². The van der Waals surface area contributed by atoms with Crippen molar-refractivity contribution in [1.82, 2.24) is 9.80 Å². The number of likely N-dealkylation sites (tertiary alicyclic amines) is 2.